The van der Waals surface area contributed by atoms with Crippen molar-refractivity contribution in [3.05, 3.63) is 50.2 Å². The number of ketones is 1. The molecule has 1 heterocycles. The number of nitrogens with zero attached hydrogens (tertiary/aromatic N) is 1. The first-order valence-electron chi connectivity index (χ1n) is 6.98. The number of fused-ring (bicyclic) bond motifs is 1. The van der Waals surface area contributed by atoms with Crippen LogP contribution in [0, 0.1) is 12.3 Å². The number of carbonyl (C=O) groups excluding carboxylic acids is 1. The molecule has 0 amide bonds. The van der Waals surface area contributed by atoms with Crippen LogP contribution in [0.1, 0.15) is 41.9 Å². The van der Waals surface area contributed by atoms with E-state index in [9.17, 15) is 4.79 Å². The predicted octanol–water partition coefficient (Wildman–Crippen LogP) is 5.47. The molecular weight excluding hydrogens is 394 g/mol. The first-order chi connectivity index (χ1) is 9.78. The number of aryl methyl sites for hydroxylation is 1. The molecule has 0 aliphatic heterocycles. The maximum absolute atomic E-state index is 12.3. The number of hydrogen-bond acceptors (Lipinski definition) is 1. The normalized spacial score (nSPS) is 16.9. The van der Waals surface area contributed by atoms with Crippen LogP contribution in [-0.4, -0.2) is 10.4 Å². The molecule has 0 bridgehead atoms. The van der Waals surface area contributed by atoms with Gasteiger partial charge in [-0.25, -0.2) is 0 Å². The number of carbonyl (C=O) groups is 1. The Morgan fingerprint density at radius 1 is 1.14 bits per heavy atom. The maximum atomic E-state index is 12.3. The lowest BCUT2D eigenvalue weighted by atomic mass is 9.76. The van der Waals surface area contributed by atoms with E-state index in [2.05, 4.69) is 69.3 Å². The second-order valence-electron chi connectivity index (χ2n) is 6.56. The molecule has 0 spiro atoms. The average molecular weight is 411 g/mol. The van der Waals surface area contributed by atoms with Crippen LogP contribution in [0.5, 0.6) is 0 Å². The summed E-state index contributed by atoms with van der Waals surface area (Å²) in [7, 11) is 0. The molecule has 2 aromatic rings. The van der Waals surface area contributed by atoms with Gasteiger partial charge in [-0.3, -0.25) is 4.79 Å². The largest absolute Gasteiger partial charge is 0.318 e. The third kappa shape index (κ3) is 2.64. The molecule has 0 atom stereocenters. The van der Waals surface area contributed by atoms with E-state index in [1.54, 1.807) is 0 Å². The lowest BCUT2D eigenvalue weighted by Crippen LogP contribution is -2.27. The van der Waals surface area contributed by atoms with Crippen LogP contribution >= 0.6 is 31.9 Å². The zero-order valence-electron chi connectivity index (χ0n) is 12.3. The predicted molar refractivity (Wildman–Crippen MR) is 92.3 cm³/mol. The molecular formula is C17H17Br2NO. The minimum absolute atomic E-state index is 0.0177. The van der Waals surface area contributed by atoms with Gasteiger partial charge in [-0.05, 0) is 74.4 Å². The van der Waals surface area contributed by atoms with Gasteiger partial charge in [-0.2, -0.15) is 0 Å². The van der Waals surface area contributed by atoms with Crippen molar-refractivity contribution < 1.29 is 4.79 Å². The number of aromatic nitrogens is 1. The van der Waals surface area contributed by atoms with E-state index in [-0.39, 0.29) is 11.2 Å². The van der Waals surface area contributed by atoms with E-state index in [4.69, 9.17) is 0 Å². The van der Waals surface area contributed by atoms with Crippen molar-refractivity contribution in [1.82, 2.24) is 4.57 Å². The fourth-order valence-electron chi connectivity index (χ4n) is 3.08. The van der Waals surface area contributed by atoms with Crippen molar-refractivity contribution in [2.75, 3.05) is 0 Å². The van der Waals surface area contributed by atoms with Crippen molar-refractivity contribution in [1.29, 1.82) is 0 Å². The van der Waals surface area contributed by atoms with Crippen LogP contribution in [0.15, 0.2) is 33.3 Å². The van der Waals surface area contributed by atoms with Gasteiger partial charge in [0.05, 0.1) is 5.69 Å². The molecule has 2 nitrogen and oxygen atoms in total. The highest BCUT2D eigenvalue weighted by Crippen LogP contribution is 2.39. The van der Waals surface area contributed by atoms with Gasteiger partial charge in [-0.15, -0.1) is 0 Å². The lowest BCUT2D eigenvalue weighted by Gasteiger charge is -2.30. The summed E-state index contributed by atoms with van der Waals surface area (Å²) in [6.45, 7) is 6.38. The van der Waals surface area contributed by atoms with Crippen LogP contribution in [-0.2, 0) is 6.42 Å². The van der Waals surface area contributed by atoms with E-state index >= 15 is 0 Å². The van der Waals surface area contributed by atoms with Gasteiger partial charge in [0, 0.05) is 32.8 Å². The lowest BCUT2D eigenvalue weighted by molar-refractivity contribution is 0.0911. The van der Waals surface area contributed by atoms with Gasteiger partial charge < -0.3 is 4.57 Å². The molecule has 21 heavy (non-hydrogen) atoms. The fraction of sp³-hybridized carbons (Fsp3) is 0.353. The topological polar surface area (TPSA) is 22.0 Å². The van der Waals surface area contributed by atoms with Crippen LogP contribution in [0.25, 0.3) is 5.69 Å². The molecule has 0 radical (unpaired) electrons. The first kappa shape index (κ1) is 15.0. The van der Waals surface area contributed by atoms with Crippen LogP contribution in [0.4, 0.5) is 0 Å². The summed E-state index contributed by atoms with van der Waals surface area (Å²) >= 11 is 7.31. The van der Waals surface area contributed by atoms with Crippen LogP contribution < -0.4 is 0 Å². The van der Waals surface area contributed by atoms with Crippen molar-refractivity contribution in [3.8, 4) is 5.69 Å². The first-order valence-corrected chi connectivity index (χ1v) is 8.56. The highest BCUT2D eigenvalue weighted by molar-refractivity contribution is 9.11. The molecule has 0 saturated carbocycles. The molecule has 0 N–H and O–H groups in total. The maximum Gasteiger partial charge on any atom is 0.165 e. The summed E-state index contributed by atoms with van der Waals surface area (Å²) < 4.78 is 4.20. The van der Waals surface area contributed by atoms with Crippen LogP contribution in [0.3, 0.4) is 0 Å². The second-order valence-corrected chi connectivity index (χ2v) is 8.27. The third-order valence-corrected chi connectivity index (χ3v) is 5.19. The summed E-state index contributed by atoms with van der Waals surface area (Å²) in [6.07, 6.45) is 3.54. The summed E-state index contributed by atoms with van der Waals surface area (Å²) in [5, 5.41) is 0. The highest BCUT2D eigenvalue weighted by atomic mass is 79.9. The minimum atomic E-state index is 0.0177. The number of rotatable bonds is 1. The van der Waals surface area contributed by atoms with Gasteiger partial charge in [-0.1, -0.05) is 13.8 Å². The van der Waals surface area contributed by atoms with Crippen molar-refractivity contribution >= 4 is 37.6 Å². The Morgan fingerprint density at radius 2 is 1.76 bits per heavy atom. The zero-order valence-corrected chi connectivity index (χ0v) is 15.5. The molecule has 1 aliphatic rings. The smallest absolute Gasteiger partial charge is 0.165 e. The third-order valence-electron chi connectivity index (χ3n) is 3.98. The monoisotopic (exact) mass is 409 g/mol. The Morgan fingerprint density at radius 3 is 2.38 bits per heavy atom. The number of halogens is 2. The molecule has 0 fully saturated rings. The highest BCUT2D eigenvalue weighted by Gasteiger charge is 2.33. The molecule has 1 aromatic carbocycles. The van der Waals surface area contributed by atoms with E-state index in [1.165, 1.54) is 5.56 Å². The second kappa shape index (κ2) is 5.10. The van der Waals surface area contributed by atoms with E-state index in [0.29, 0.717) is 6.42 Å². The molecule has 4 heteroatoms. The van der Waals surface area contributed by atoms with Gasteiger partial charge in [0.2, 0.25) is 0 Å². The number of Topliss-reactive ketones (excluding diaryl/α,β-unsaturated/α-hetero) is 1. The van der Waals surface area contributed by atoms with Crippen molar-refractivity contribution in [2.24, 2.45) is 5.41 Å². The van der Waals surface area contributed by atoms with Gasteiger partial charge >= 0.3 is 0 Å². The van der Waals surface area contributed by atoms with Gasteiger partial charge in [0.15, 0.2) is 5.78 Å². The molecule has 0 unspecified atom stereocenters. The molecule has 3 rings (SSSR count). The Balaban J connectivity index is 2.21. The summed E-state index contributed by atoms with van der Waals surface area (Å²) in [6, 6.07) is 6.15. The van der Waals surface area contributed by atoms with Gasteiger partial charge in [0.1, 0.15) is 0 Å². The molecule has 1 aromatic heterocycles. The zero-order chi connectivity index (χ0) is 15.4. The molecule has 110 valence electrons. The quantitative estimate of drug-likeness (QED) is 0.611. The van der Waals surface area contributed by atoms with E-state index in [1.807, 2.05) is 12.3 Å². The Kier molecular flexibility index (Phi) is 3.65. The summed E-state index contributed by atoms with van der Waals surface area (Å²) in [5.74, 6) is 0.249. The summed E-state index contributed by atoms with van der Waals surface area (Å²) in [5.41, 5.74) is 4.25. The Bertz CT molecular complexity index is 720. The molecule has 1 aliphatic carbocycles. The Hall–Kier alpha value is -0.870. The minimum Gasteiger partial charge on any atom is -0.318 e. The summed E-state index contributed by atoms with van der Waals surface area (Å²) in [4.78, 5) is 12.3. The van der Waals surface area contributed by atoms with Crippen molar-refractivity contribution in [2.45, 2.75) is 33.6 Å². The average Bonchev–Trinajstić information content (AvgIpc) is 2.70. The standard InChI is InChI=1S/C17H17Br2NO/c1-10-6-12(18)16(13(19)7-10)20-5-4-11-14(20)8-17(2,3)9-15(11)21/h4-7H,8-9H2,1-3H3. The molecule has 0 saturated heterocycles. The number of benzene rings is 1. The van der Waals surface area contributed by atoms with Gasteiger partial charge in [0.25, 0.3) is 0 Å². The SMILES string of the molecule is Cc1cc(Br)c(-n2ccc3c2CC(C)(C)CC3=O)c(Br)c1. The Labute approximate surface area is 141 Å². The number of hydrogen-bond donors (Lipinski definition) is 0. The van der Waals surface area contributed by atoms with E-state index in [0.717, 1.165) is 32.3 Å². The van der Waals surface area contributed by atoms with Crippen molar-refractivity contribution in [3.63, 3.8) is 0 Å². The van der Waals surface area contributed by atoms with Crippen LogP contribution in [0.2, 0.25) is 0 Å². The fourth-order valence-corrected chi connectivity index (χ4v) is 4.87. The van der Waals surface area contributed by atoms with E-state index < -0.39 is 0 Å².